The molecule has 0 aliphatic carbocycles. The minimum absolute atomic E-state index is 0. The van der Waals surface area contributed by atoms with Crippen molar-refractivity contribution >= 4 is 17.3 Å². The van der Waals surface area contributed by atoms with E-state index in [9.17, 15) is 0 Å². The molecule has 0 saturated carbocycles. The second-order valence-electron chi connectivity index (χ2n) is 0.329. The van der Waals surface area contributed by atoms with Gasteiger partial charge in [-0.15, -0.1) is 12.2 Å². The van der Waals surface area contributed by atoms with Crippen LogP contribution >= 0.6 is 12.2 Å². The van der Waals surface area contributed by atoms with Gasteiger partial charge < -0.3 is 11.5 Å². The Kier molecular flexibility index (Phi) is 7.49. The number of thiocarbonyl (C=S) groups is 1. The molecule has 0 radical (unpaired) electrons. The third-order valence-electron chi connectivity index (χ3n) is 0. The summed E-state index contributed by atoms with van der Waals surface area (Å²) in [5.74, 6) is 0. The fourth-order valence-corrected chi connectivity index (χ4v) is 0. The van der Waals surface area contributed by atoms with E-state index in [1.807, 2.05) is 0 Å². The van der Waals surface area contributed by atoms with Crippen LogP contribution in [0.1, 0.15) is 0 Å². The molecule has 0 aromatic rings. The molecule has 0 spiro atoms. The molecule has 0 rings (SSSR count). The summed E-state index contributed by atoms with van der Waals surface area (Å²) >= 11 is 3.87. The van der Waals surface area contributed by atoms with Crippen LogP contribution in [0.5, 0.6) is 0 Å². The summed E-state index contributed by atoms with van der Waals surface area (Å²) in [6.07, 6.45) is 0. The molecule has 0 heterocycles. The first-order valence-electron chi connectivity index (χ1n) is 0.704. The van der Waals surface area contributed by atoms with Gasteiger partial charge in [0, 0.05) is 0 Å². The molecule has 5 heavy (non-hydrogen) atoms. The molecule has 0 bridgehead atoms. The van der Waals surface area contributed by atoms with Crippen molar-refractivity contribution in [2.24, 2.45) is 0 Å². The fourth-order valence-electron chi connectivity index (χ4n) is 0. The molecule has 0 atom stereocenters. The molecular formula is CH2N2NiS. The van der Waals surface area contributed by atoms with Gasteiger partial charge in [0.25, 0.3) is 0 Å². The molecule has 2 nitrogen and oxygen atoms in total. The van der Waals surface area contributed by atoms with Crippen molar-refractivity contribution < 1.29 is 16.5 Å². The summed E-state index contributed by atoms with van der Waals surface area (Å²) in [5.41, 5.74) is 12.0. The zero-order chi connectivity index (χ0) is 3.58. The van der Waals surface area contributed by atoms with Gasteiger partial charge in [-0.1, -0.05) is 0 Å². The van der Waals surface area contributed by atoms with E-state index < -0.39 is 5.11 Å². The summed E-state index contributed by atoms with van der Waals surface area (Å²) < 4.78 is 0. The third kappa shape index (κ3) is 592. The first-order valence-corrected chi connectivity index (χ1v) is 1.11. The van der Waals surface area contributed by atoms with Crippen LogP contribution in [-0.2, 0) is 16.5 Å². The summed E-state index contributed by atoms with van der Waals surface area (Å²) in [6.45, 7) is 0. The van der Waals surface area contributed by atoms with Crippen molar-refractivity contribution in [3.63, 3.8) is 0 Å². The Balaban J connectivity index is 0. The average molecular weight is 133 g/mol. The van der Waals surface area contributed by atoms with Gasteiger partial charge in [0.05, 0.1) is 0 Å². The third-order valence-corrected chi connectivity index (χ3v) is 0. The molecular weight excluding hydrogens is 131 g/mol. The van der Waals surface area contributed by atoms with Gasteiger partial charge in [0.15, 0.2) is 0 Å². The molecule has 0 saturated heterocycles. The molecule has 0 aromatic heterocycles. The van der Waals surface area contributed by atoms with Crippen LogP contribution in [-0.4, -0.2) is 5.11 Å². The summed E-state index contributed by atoms with van der Waals surface area (Å²) in [7, 11) is 0. The van der Waals surface area contributed by atoms with Gasteiger partial charge in [-0.25, -0.2) is 5.11 Å². The van der Waals surface area contributed by atoms with E-state index in [4.69, 9.17) is 11.5 Å². The number of hydrogen-bond acceptors (Lipinski definition) is 1. The van der Waals surface area contributed by atoms with Crippen molar-refractivity contribution in [1.82, 2.24) is 0 Å². The SMILES string of the molecule is [NH-]C([NH-])=S.[Ni+2]. The molecule has 0 unspecified atom stereocenters. The summed E-state index contributed by atoms with van der Waals surface area (Å²) in [4.78, 5) is 0. The molecule has 0 aliphatic heterocycles. The standard InChI is InChI=1S/CH3N2S.Ni/c2-1(3)4;/h(H3-,2,3,4);/q-1;+2/p-1. The van der Waals surface area contributed by atoms with Crippen LogP contribution in [0.15, 0.2) is 0 Å². The van der Waals surface area contributed by atoms with Crippen molar-refractivity contribution in [1.29, 1.82) is 0 Å². The Hall–Kier alpha value is 0.184. The van der Waals surface area contributed by atoms with Crippen LogP contribution in [0.3, 0.4) is 0 Å². The quantitative estimate of drug-likeness (QED) is 0.363. The Bertz CT molecular complexity index is 32.6. The Morgan fingerprint density at radius 1 is 1.40 bits per heavy atom. The first-order chi connectivity index (χ1) is 1.73. The van der Waals surface area contributed by atoms with Gasteiger partial charge in [-0.3, -0.25) is 0 Å². The maximum absolute atomic E-state index is 5.98. The van der Waals surface area contributed by atoms with E-state index in [1.54, 1.807) is 0 Å². The smallest absolute Gasteiger partial charge is 0.709 e. The monoisotopic (exact) mass is 132 g/mol. The van der Waals surface area contributed by atoms with Gasteiger partial charge >= 0.3 is 16.5 Å². The molecule has 32 valence electrons. The zero-order valence-electron chi connectivity index (χ0n) is 2.22. The van der Waals surface area contributed by atoms with E-state index in [2.05, 4.69) is 12.2 Å². The van der Waals surface area contributed by atoms with E-state index in [0.717, 1.165) is 0 Å². The second kappa shape index (κ2) is 4.18. The van der Waals surface area contributed by atoms with Gasteiger partial charge in [-0.2, -0.15) is 0 Å². The van der Waals surface area contributed by atoms with Crippen LogP contribution in [0.25, 0.3) is 11.5 Å². The number of rotatable bonds is 0. The molecule has 0 amide bonds. The van der Waals surface area contributed by atoms with Crippen LogP contribution in [0.4, 0.5) is 0 Å². The molecule has 0 fully saturated rings. The van der Waals surface area contributed by atoms with Crippen molar-refractivity contribution in [3.8, 4) is 0 Å². The van der Waals surface area contributed by atoms with Crippen LogP contribution < -0.4 is 0 Å². The summed E-state index contributed by atoms with van der Waals surface area (Å²) in [5, 5.41) is -0.500. The van der Waals surface area contributed by atoms with E-state index in [1.165, 1.54) is 0 Å². The topological polar surface area (TPSA) is 47.6 Å². The molecule has 0 aromatic carbocycles. The summed E-state index contributed by atoms with van der Waals surface area (Å²) in [6, 6.07) is 0. The van der Waals surface area contributed by atoms with Crippen LogP contribution in [0.2, 0.25) is 0 Å². The van der Waals surface area contributed by atoms with Crippen molar-refractivity contribution in [2.75, 3.05) is 0 Å². The minimum Gasteiger partial charge on any atom is -0.709 e. The number of hydrogen-bond donors (Lipinski definition) is 0. The first kappa shape index (κ1) is 8.95. The van der Waals surface area contributed by atoms with Crippen LogP contribution in [0, 0.1) is 0 Å². The Labute approximate surface area is 45.8 Å². The molecule has 4 heteroatoms. The largest absolute Gasteiger partial charge is 2.00 e. The predicted octanol–water partition coefficient (Wildman–Crippen LogP) is 1.37. The second-order valence-corrected chi connectivity index (χ2v) is 0.737. The van der Waals surface area contributed by atoms with E-state index >= 15 is 0 Å². The molecule has 0 aliphatic rings. The zero-order valence-corrected chi connectivity index (χ0v) is 4.03. The average Bonchev–Trinajstić information content (AvgIpc) is 0.811. The molecule has 2 N–H and O–H groups in total. The van der Waals surface area contributed by atoms with Gasteiger partial charge in [0.1, 0.15) is 0 Å². The van der Waals surface area contributed by atoms with Crippen molar-refractivity contribution in [3.05, 3.63) is 11.5 Å². The maximum atomic E-state index is 5.98. The van der Waals surface area contributed by atoms with Gasteiger partial charge in [-0.05, 0) is 0 Å². The normalized spacial score (nSPS) is 4.80. The maximum Gasteiger partial charge on any atom is 2.00 e. The van der Waals surface area contributed by atoms with E-state index in [-0.39, 0.29) is 16.5 Å². The number of nitrogens with one attached hydrogen (secondary N) is 2. The predicted molar refractivity (Wildman–Crippen MR) is 21.2 cm³/mol. The van der Waals surface area contributed by atoms with Crippen molar-refractivity contribution in [2.45, 2.75) is 0 Å². The minimum atomic E-state index is -0.500. The Morgan fingerprint density at radius 2 is 1.40 bits per heavy atom. The van der Waals surface area contributed by atoms with Gasteiger partial charge in [0.2, 0.25) is 0 Å². The van der Waals surface area contributed by atoms with E-state index in [0.29, 0.717) is 0 Å². The Morgan fingerprint density at radius 3 is 1.40 bits per heavy atom. The fraction of sp³-hybridized carbons (Fsp3) is 0.